The minimum Gasteiger partial charge on any atom is -0.298 e. The number of fused-ring (bicyclic) bond motifs is 1. The lowest BCUT2D eigenvalue weighted by atomic mass is 10.2. The number of carbonyl (C=O) groups is 1. The number of nitrogens with zero attached hydrogens (tertiary/aromatic N) is 4. The van der Waals surface area contributed by atoms with Crippen LogP contribution >= 0.6 is 22.9 Å². The first-order valence-electron chi connectivity index (χ1n) is 8.15. The monoisotopic (exact) mass is 395 g/mol. The van der Waals surface area contributed by atoms with Crippen LogP contribution in [0.1, 0.15) is 11.3 Å². The molecule has 0 spiro atoms. The second-order valence-electron chi connectivity index (χ2n) is 5.78. The molecule has 134 valence electrons. The molecule has 2 aromatic heterocycles. The van der Waals surface area contributed by atoms with E-state index in [4.69, 9.17) is 11.6 Å². The molecule has 27 heavy (non-hydrogen) atoms. The molecular weight excluding hydrogens is 382 g/mol. The molecule has 1 amide bonds. The molecule has 0 fully saturated rings. The number of hydrogen-bond donors (Lipinski definition) is 1. The van der Waals surface area contributed by atoms with Crippen LogP contribution < -0.4 is 5.32 Å². The van der Waals surface area contributed by atoms with Crippen molar-refractivity contribution >= 4 is 50.3 Å². The first-order valence-corrected chi connectivity index (χ1v) is 9.34. The maximum atomic E-state index is 12.1. The Labute approximate surface area is 164 Å². The van der Waals surface area contributed by atoms with Crippen molar-refractivity contribution in [3.8, 4) is 0 Å². The van der Waals surface area contributed by atoms with Crippen molar-refractivity contribution in [1.82, 2.24) is 20.0 Å². The molecule has 6 nitrogen and oxygen atoms in total. The zero-order chi connectivity index (χ0) is 18.6. The van der Waals surface area contributed by atoms with Crippen LogP contribution in [0.2, 0.25) is 5.02 Å². The maximum absolute atomic E-state index is 12.1. The molecule has 0 aliphatic rings. The van der Waals surface area contributed by atoms with Crippen LogP contribution in [0.4, 0.5) is 5.13 Å². The molecule has 4 rings (SSSR count). The summed E-state index contributed by atoms with van der Waals surface area (Å²) in [4.78, 5) is 16.5. The van der Waals surface area contributed by atoms with E-state index in [0.717, 1.165) is 15.8 Å². The number of hydrogen-bond acceptors (Lipinski definition) is 5. The van der Waals surface area contributed by atoms with Crippen molar-refractivity contribution in [2.45, 2.75) is 6.54 Å². The van der Waals surface area contributed by atoms with Gasteiger partial charge in [0.1, 0.15) is 5.69 Å². The molecular formula is C19H14ClN5OS. The summed E-state index contributed by atoms with van der Waals surface area (Å²) < 4.78 is 2.65. The van der Waals surface area contributed by atoms with E-state index in [0.29, 0.717) is 22.4 Å². The largest absolute Gasteiger partial charge is 0.298 e. The molecule has 4 aromatic rings. The first kappa shape index (κ1) is 17.4. The van der Waals surface area contributed by atoms with E-state index in [9.17, 15) is 4.79 Å². The van der Waals surface area contributed by atoms with Crippen LogP contribution in [0.3, 0.4) is 0 Å². The Kier molecular flexibility index (Phi) is 4.95. The van der Waals surface area contributed by atoms with Crippen LogP contribution in [0.5, 0.6) is 0 Å². The van der Waals surface area contributed by atoms with Gasteiger partial charge in [-0.15, -0.1) is 5.10 Å². The van der Waals surface area contributed by atoms with Crippen LogP contribution in [0.25, 0.3) is 16.3 Å². The summed E-state index contributed by atoms with van der Waals surface area (Å²) in [5.41, 5.74) is 2.54. The summed E-state index contributed by atoms with van der Waals surface area (Å²) in [5.74, 6) is -0.280. The van der Waals surface area contributed by atoms with Gasteiger partial charge in [0.15, 0.2) is 5.13 Å². The SMILES string of the molecule is O=C(C=Cc1cn(Cc2ccccc2)nn1)Nc1nc2ccc(Cl)cc2s1. The van der Waals surface area contributed by atoms with Crippen molar-refractivity contribution in [3.05, 3.63) is 77.1 Å². The minimum absolute atomic E-state index is 0.280. The Morgan fingerprint density at radius 1 is 1.22 bits per heavy atom. The zero-order valence-corrected chi connectivity index (χ0v) is 15.6. The first-order chi connectivity index (χ1) is 13.2. The van der Waals surface area contributed by atoms with Gasteiger partial charge in [0.2, 0.25) is 5.91 Å². The van der Waals surface area contributed by atoms with Gasteiger partial charge in [-0.05, 0) is 29.8 Å². The Balaban J connectivity index is 1.39. The van der Waals surface area contributed by atoms with E-state index in [2.05, 4.69) is 20.6 Å². The Hall–Kier alpha value is -3.03. The fraction of sp³-hybridized carbons (Fsp3) is 0.0526. The quantitative estimate of drug-likeness (QED) is 0.513. The highest BCUT2D eigenvalue weighted by molar-refractivity contribution is 7.22. The van der Waals surface area contributed by atoms with Gasteiger partial charge in [-0.25, -0.2) is 9.67 Å². The highest BCUT2D eigenvalue weighted by Gasteiger charge is 2.07. The predicted octanol–water partition coefficient (Wildman–Crippen LogP) is 4.24. The standard InChI is InChI=1S/C19H14ClN5OS/c20-14-6-8-16-17(10-14)27-19(21-16)22-18(26)9-7-15-12-25(24-23-15)11-13-4-2-1-3-5-13/h1-10,12H,11H2,(H,21,22,26). The van der Waals surface area contributed by atoms with Gasteiger partial charge in [0, 0.05) is 11.1 Å². The average molecular weight is 396 g/mol. The molecule has 0 atom stereocenters. The Bertz CT molecular complexity index is 1120. The fourth-order valence-corrected chi connectivity index (χ4v) is 3.64. The normalized spacial score (nSPS) is 11.3. The lowest BCUT2D eigenvalue weighted by Crippen LogP contribution is -2.07. The predicted molar refractivity (Wildman–Crippen MR) is 108 cm³/mol. The number of aromatic nitrogens is 4. The molecule has 0 saturated carbocycles. The number of rotatable bonds is 5. The second-order valence-corrected chi connectivity index (χ2v) is 7.25. The molecule has 0 aliphatic carbocycles. The number of nitrogens with one attached hydrogen (secondary N) is 1. The highest BCUT2D eigenvalue weighted by Crippen LogP contribution is 2.28. The fourth-order valence-electron chi connectivity index (χ4n) is 2.50. The lowest BCUT2D eigenvalue weighted by Gasteiger charge is -1.98. The van der Waals surface area contributed by atoms with E-state index in [1.165, 1.54) is 17.4 Å². The molecule has 8 heteroatoms. The van der Waals surface area contributed by atoms with Crippen molar-refractivity contribution in [3.63, 3.8) is 0 Å². The topological polar surface area (TPSA) is 72.7 Å². The third kappa shape index (κ3) is 4.39. The van der Waals surface area contributed by atoms with Gasteiger partial charge in [-0.3, -0.25) is 10.1 Å². The third-order valence-electron chi connectivity index (χ3n) is 3.73. The van der Waals surface area contributed by atoms with E-state index in [1.54, 1.807) is 23.0 Å². The summed E-state index contributed by atoms with van der Waals surface area (Å²) in [6.07, 6.45) is 4.82. The minimum atomic E-state index is -0.280. The molecule has 0 saturated heterocycles. The number of halogens is 1. The van der Waals surface area contributed by atoms with Gasteiger partial charge in [-0.1, -0.05) is 58.5 Å². The van der Waals surface area contributed by atoms with E-state index in [1.807, 2.05) is 42.5 Å². The lowest BCUT2D eigenvalue weighted by molar-refractivity contribution is -0.111. The van der Waals surface area contributed by atoms with Crippen LogP contribution in [-0.2, 0) is 11.3 Å². The highest BCUT2D eigenvalue weighted by atomic mass is 35.5. The molecule has 1 N–H and O–H groups in total. The number of anilines is 1. The van der Waals surface area contributed by atoms with Gasteiger partial charge in [-0.2, -0.15) is 0 Å². The molecule has 0 aliphatic heterocycles. The Morgan fingerprint density at radius 3 is 2.93 bits per heavy atom. The second kappa shape index (κ2) is 7.69. The molecule has 2 heterocycles. The van der Waals surface area contributed by atoms with E-state index < -0.39 is 0 Å². The molecule has 0 radical (unpaired) electrons. The van der Waals surface area contributed by atoms with Crippen LogP contribution in [-0.4, -0.2) is 25.9 Å². The Morgan fingerprint density at radius 2 is 2.07 bits per heavy atom. The van der Waals surface area contributed by atoms with Gasteiger partial charge in [0.05, 0.1) is 23.0 Å². The van der Waals surface area contributed by atoms with Crippen LogP contribution in [0.15, 0.2) is 60.8 Å². The van der Waals surface area contributed by atoms with Crippen molar-refractivity contribution in [2.24, 2.45) is 0 Å². The maximum Gasteiger partial charge on any atom is 0.250 e. The summed E-state index contributed by atoms with van der Waals surface area (Å²) in [6.45, 7) is 0.627. The number of carbonyl (C=O) groups excluding carboxylic acids is 1. The van der Waals surface area contributed by atoms with Crippen LogP contribution in [0, 0.1) is 0 Å². The van der Waals surface area contributed by atoms with Crippen molar-refractivity contribution < 1.29 is 4.79 Å². The summed E-state index contributed by atoms with van der Waals surface area (Å²) >= 11 is 7.34. The van der Waals surface area contributed by atoms with Crippen molar-refractivity contribution in [1.29, 1.82) is 0 Å². The third-order valence-corrected chi connectivity index (χ3v) is 4.90. The number of amides is 1. The summed E-state index contributed by atoms with van der Waals surface area (Å²) in [5, 5.41) is 12.0. The van der Waals surface area contributed by atoms with Crippen molar-refractivity contribution in [2.75, 3.05) is 5.32 Å². The molecule has 2 aromatic carbocycles. The zero-order valence-electron chi connectivity index (χ0n) is 14.0. The van der Waals surface area contributed by atoms with E-state index in [-0.39, 0.29) is 5.91 Å². The van der Waals surface area contributed by atoms with E-state index >= 15 is 0 Å². The van der Waals surface area contributed by atoms with Gasteiger partial charge >= 0.3 is 0 Å². The summed E-state index contributed by atoms with van der Waals surface area (Å²) in [7, 11) is 0. The smallest absolute Gasteiger partial charge is 0.250 e. The average Bonchev–Trinajstić information content (AvgIpc) is 3.26. The van der Waals surface area contributed by atoms with Gasteiger partial charge < -0.3 is 0 Å². The number of benzene rings is 2. The summed E-state index contributed by atoms with van der Waals surface area (Å²) in [6, 6.07) is 15.4. The molecule has 0 unspecified atom stereocenters. The number of thiazole rings is 1. The molecule has 0 bridgehead atoms. The van der Waals surface area contributed by atoms with Gasteiger partial charge in [0.25, 0.3) is 0 Å².